The van der Waals surface area contributed by atoms with Crippen LogP contribution in [0.5, 0.6) is 11.5 Å². The molecule has 2 aromatic rings. The van der Waals surface area contributed by atoms with Crippen LogP contribution in [0.4, 0.5) is 4.79 Å². The summed E-state index contributed by atoms with van der Waals surface area (Å²) in [4.78, 5) is 23.9. The van der Waals surface area contributed by atoms with Crippen molar-refractivity contribution in [3.63, 3.8) is 0 Å². The molecule has 0 heterocycles. The summed E-state index contributed by atoms with van der Waals surface area (Å²) in [6.07, 6.45) is -0.708. The van der Waals surface area contributed by atoms with Crippen LogP contribution < -0.4 is 14.8 Å². The molecule has 0 aliphatic carbocycles. The summed E-state index contributed by atoms with van der Waals surface area (Å²) in [7, 11) is 1.57. The molecule has 0 aliphatic rings. The number of ether oxygens (including phenoxy) is 3. The lowest BCUT2D eigenvalue weighted by atomic mass is 10.0. The average Bonchev–Trinajstić information content (AvgIpc) is 2.67. The number of hydrogen-bond acceptors (Lipinski definition) is 5. The van der Waals surface area contributed by atoms with Crippen LogP contribution in [0.3, 0.4) is 0 Å². The Balaban J connectivity index is 2.29. The molecule has 2 aromatic carbocycles. The number of carbonyl (C=O) groups excluding carboxylic acids is 1. The molecule has 7 nitrogen and oxygen atoms in total. The molecule has 0 saturated heterocycles. The number of alkyl carbamates (subject to hydrolysis) is 1. The quantitative estimate of drug-likeness (QED) is 0.471. The maximum absolute atomic E-state index is 12.1. The molecule has 1 atom stereocenters. The highest BCUT2D eigenvalue weighted by molar-refractivity contribution is 14.1. The molecular weight excluding hydrogens is 513 g/mol. The third kappa shape index (κ3) is 7.30. The first-order valence-electron chi connectivity index (χ1n) is 9.76. The van der Waals surface area contributed by atoms with Crippen LogP contribution in [0.25, 0.3) is 0 Å². The van der Waals surface area contributed by atoms with E-state index in [2.05, 4.69) is 27.9 Å². The first kappa shape index (κ1) is 24.8. The predicted octanol–water partition coefficient (Wildman–Crippen LogP) is 4.71. The zero-order chi connectivity index (χ0) is 23.2. The van der Waals surface area contributed by atoms with Crippen LogP contribution in [0.15, 0.2) is 36.4 Å². The monoisotopic (exact) mass is 541 g/mol. The van der Waals surface area contributed by atoms with E-state index in [1.54, 1.807) is 27.9 Å². The molecule has 1 amide bonds. The molecule has 0 spiro atoms. The number of benzene rings is 2. The summed E-state index contributed by atoms with van der Waals surface area (Å²) in [5, 5.41) is 12.1. The van der Waals surface area contributed by atoms with Gasteiger partial charge < -0.3 is 24.6 Å². The number of carbonyl (C=O) groups is 2. The van der Waals surface area contributed by atoms with Crippen molar-refractivity contribution in [2.75, 3.05) is 7.11 Å². The Morgan fingerprint density at radius 3 is 2.35 bits per heavy atom. The van der Waals surface area contributed by atoms with Gasteiger partial charge in [0.1, 0.15) is 18.2 Å². The van der Waals surface area contributed by atoms with Gasteiger partial charge in [0.05, 0.1) is 10.7 Å². The van der Waals surface area contributed by atoms with Crippen molar-refractivity contribution in [2.24, 2.45) is 0 Å². The third-order valence-corrected chi connectivity index (χ3v) is 5.46. The summed E-state index contributed by atoms with van der Waals surface area (Å²) in [5.74, 6) is -0.0127. The fourth-order valence-corrected chi connectivity index (χ4v) is 3.72. The van der Waals surface area contributed by atoms with E-state index >= 15 is 0 Å². The molecule has 2 N–H and O–H groups in total. The highest BCUT2D eigenvalue weighted by Gasteiger charge is 2.27. The van der Waals surface area contributed by atoms with E-state index < -0.39 is 23.7 Å². The third-order valence-electron chi connectivity index (χ3n) is 4.28. The first-order chi connectivity index (χ1) is 14.5. The smallest absolute Gasteiger partial charge is 0.408 e. The van der Waals surface area contributed by atoms with Gasteiger partial charge in [0.2, 0.25) is 0 Å². The van der Waals surface area contributed by atoms with Crippen LogP contribution in [0.1, 0.15) is 37.5 Å². The number of aryl methyl sites for hydroxylation is 1. The Bertz CT molecular complexity index is 924. The number of carboxylic acid groups (broad SMARTS) is 1. The highest BCUT2D eigenvalue weighted by Crippen LogP contribution is 2.39. The Morgan fingerprint density at radius 2 is 1.81 bits per heavy atom. The van der Waals surface area contributed by atoms with E-state index in [0.29, 0.717) is 18.1 Å². The maximum atomic E-state index is 12.1. The molecule has 0 aliphatic heterocycles. The van der Waals surface area contributed by atoms with E-state index in [-0.39, 0.29) is 6.42 Å². The zero-order valence-electron chi connectivity index (χ0n) is 18.3. The van der Waals surface area contributed by atoms with E-state index in [1.165, 1.54) is 0 Å². The number of halogens is 1. The van der Waals surface area contributed by atoms with Gasteiger partial charge in [-0.05, 0) is 67.0 Å². The standard InChI is InChI=1S/C23H28INO6/c1-14-11-16(12-17(21(26)27)25-22(28)31-23(2,3)4)18(24)20(19(14)29-5)30-13-15-9-7-6-8-10-15/h6-11,17H,12-13H2,1-5H3,(H,25,28)(H,26,27)/t17-/m0/s1. The summed E-state index contributed by atoms with van der Waals surface area (Å²) < 4.78 is 17.5. The Kier molecular flexibility index (Phi) is 8.55. The fraction of sp³-hybridized carbons (Fsp3) is 0.391. The topological polar surface area (TPSA) is 94.1 Å². The van der Waals surface area contributed by atoms with Gasteiger partial charge in [-0.15, -0.1) is 0 Å². The van der Waals surface area contributed by atoms with Crippen molar-refractivity contribution < 1.29 is 28.9 Å². The minimum atomic E-state index is -1.15. The van der Waals surface area contributed by atoms with Crippen molar-refractivity contribution in [1.29, 1.82) is 0 Å². The molecule has 0 bridgehead atoms. The van der Waals surface area contributed by atoms with Crippen molar-refractivity contribution in [1.82, 2.24) is 5.32 Å². The Labute approximate surface area is 196 Å². The van der Waals surface area contributed by atoms with E-state index in [1.807, 2.05) is 43.3 Å². The SMILES string of the molecule is COc1c(C)cc(C[C@H](NC(=O)OC(C)(C)C)C(=O)O)c(I)c1OCc1ccccc1. The summed E-state index contributed by atoms with van der Waals surface area (Å²) in [5.41, 5.74) is 1.81. The fourth-order valence-electron chi connectivity index (χ4n) is 2.95. The van der Waals surface area contributed by atoms with E-state index in [9.17, 15) is 14.7 Å². The normalized spacial score (nSPS) is 12.1. The van der Waals surface area contributed by atoms with E-state index in [0.717, 1.165) is 20.3 Å². The largest absolute Gasteiger partial charge is 0.493 e. The lowest BCUT2D eigenvalue weighted by Crippen LogP contribution is -2.44. The van der Waals surface area contributed by atoms with Gasteiger partial charge in [0, 0.05) is 6.42 Å². The van der Waals surface area contributed by atoms with Crippen molar-refractivity contribution >= 4 is 34.7 Å². The highest BCUT2D eigenvalue weighted by atomic mass is 127. The molecule has 31 heavy (non-hydrogen) atoms. The predicted molar refractivity (Wildman–Crippen MR) is 126 cm³/mol. The molecule has 2 rings (SSSR count). The van der Waals surface area contributed by atoms with Gasteiger partial charge in [-0.25, -0.2) is 9.59 Å². The number of hydrogen-bond donors (Lipinski definition) is 2. The zero-order valence-corrected chi connectivity index (χ0v) is 20.5. The van der Waals surface area contributed by atoms with Gasteiger partial charge in [-0.2, -0.15) is 0 Å². The molecule has 168 valence electrons. The molecule has 0 aromatic heterocycles. The molecule has 0 unspecified atom stereocenters. The van der Waals surface area contributed by atoms with Crippen LogP contribution in [-0.2, 0) is 22.6 Å². The van der Waals surface area contributed by atoms with Crippen molar-refractivity contribution in [3.8, 4) is 11.5 Å². The van der Waals surface area contributed by atoms with Gasteiger partial charge >= 0.3 is 12.1 Å². The molecular formula is C23H28INO6. The van der Waals surface area contributed by atoms with Gasteiger partial charge in [0.25, 0.3) is 0 Å². The summed E-state index contributed by atoms with van der Waals surface area (Å²) in [6.45, 7) is 7.36. The van der Waals surface area contributed by atoms with Gasteiger partial charge in [0.15, 0.2) is 11.5 Å². The first-order valence-corrected chi connectivity index (χ1v) is 10.8. The molecule has 0 saturated carbocycles. The van der Waals surface area contributed by atoms with Crippen molar-refractivity contribution in [3.05, 3.63) is 56.7 Å². The molecule has 0 radical (unpaired) electrons. The lowest BCUT2D eigenvalue weighted by Gasteiger charge is -2.23. The maximum Gasteiger partial charge on any atom is 0.408 e. The second-order valence-corrected chi connectivity index (χ2v) is 9.12. The Hall–Kier alpha value is -2.49. The van der Waals surface area contributed by atoms with Crippen LogP contribution in [-0.4, -0.2) is 35.9 Å². The summed E-state index contributed by atoms with van der Waals surface area (Å²) in [6, 6.07) is 10.4. The van der Waals surface area contributed by atoms with Crippen LogP contribution in [0.2, 0.25) is 0 Å². The second kappa shape index (κ2) is 10.7. The average molecular weight is 541 g/mol. The summed E-state index contributed by atoms with van der Waals surface area (Å²) >= 11 is 2.12. The number of rotatable bonds is 8. The van der Waals surface area contributed by atoms with Crippen LogP contribution in [0, 0.1) is 10.5 Å². The molecule has 0 fully saturated rings. The molecule has 8 heteroatoms. The minimum absolute atomic E-state index is 0.0688. The second-order valence-electron chi connectivity index (χ2n) is 8.04. The number of aliphatic carboxylic acids is 1. The minimum Gasteiger partial charge on any atom is -0.493 e. The van der Waals surface area contributed by atoms with Crippen LogP contribution >= 0.6 is 22.6 Å². The van der Waals surface area contributed by atoms with Crippen molar-refractivity contribution in [2.45, 2.75) is 52.4 Å². The Morgan fingerprint density at radius 1 is 1.16 bits per heavy atom. The lowest BCUT2D eigenvalue weighted by molar-refractivity contribution is -0.139. The van der Waals surface area contributed by atoms with Gasteiger partial charge in [-0.3, -0.25) is 0 Å². The number of amides is 1. The number of methoxy groups -OCH3 is 1. The van der Waals surface area contributed by atoms with Gasteiger partial charge in [-0.1, -0.05) is 36.4 Å². The number of nitrogens with one attached hydrogen (secondary N) is 1. The number of carboxylic acids is 1. The van der Waals surface area contributed by atoms with E-state index in [4.69, 9.17) is 14.2 Å².